The number of nitrogens with zero attached hydrogens (tertiary/aromatic N) is 1. The normalized spacial score (nSPS) is 24.3. The lowest BCUT2D eigenvalue weighted by Gasteiger charge is -2.57. The van der Waals surface area contributed by atoms with E-state index in [9.17, 15) is 0 Å². The topological polar surface area (TPSA) is 21.7 Å². The molecule has 2 aliphatic rings. The molecule has 1 aromatic carbocycles. The average Bonchev–Trinajstić information content (AvgIpc) is 2.39. The van der Waals surface area contributed by atoms with Crippen LogP contribution in [-0.2, 0) is 9.31 Å². The Morgan fingerprint density at radius 1 is 1.00 bits per heavy atom. The Bertz CT molecular complexity index is 381. The zero-order valence-electron chi connectivity index (χ0n) is 10.4. The van der Waals surface area contributed by atoms with Gasteiger partial charge in [-0.1, -0.05) is 29.8 Å². The molecule has 0 aliphatic carbocycles. The minimum atomic E-state index is -1.35. The number of hydrogen-bond acceptors (Lipinski definition) is 3. The van der Waals surface area contributed by atoms with E-state index in [0.29, 0.717) is 0 Å². The third-order valence-electron chi connectivity index (χ3n) is 3.85. The van der Waals surface area contributed by atoms with Crippen molar-refractivity contribution in [3.63, 3.8) is 0 Å². The van der Waals surface area contributed by atoms with E-state index in [1.54, 1.807) is 0 Å². The minimum absolute atomic E-state index is 0.810. The first-order chi connectivity index (χ1) is 8.31. The van der Waals surface area contributed by atoms with Crippen LogP contribution in [-0.4, -0.2) is 37.8 Å². The Balaban J connectivity index is 1.97. The predicted molar refractivity (Wildman–Crippen MR) is 69.3 cm³/mol. The molecule has 2 aliphatic heterocycles. The van der Waals surface area contributed by atoms with E-state index in [-0.39, 0.29) is 0 Å². The maximum Gasteiger partial charge on any atom is 0.347 e. The second-order valence-electron chi connectivity index (χ2n) is 5.07. The van der Waals surface area contributed by atoms with Crippen molar-refractivity contribution in [1.29, 1.82) is 0 Å². The quantitative estimate of drug-likeness (QED) is 0.681. The van der Waals surface area contributed by atoms with Gasteiger partial charge in [0.25, 0.3) is 0 Å². The third-order valence-corrected chi connectivity index (χ3v) is 3.85. The molecule has 0 atom stereocenters. The lowest BCUT2D eigenvalue weighted by molar-refractivity contribution is 0.0603. The first-order valence-corrected chi connectivity index (χ1v) is 6.55. The molecule has 3 rings (SSSR count). The number of hydrogen-bond donors (Lipinski definition) is 0. The summed E-state index contributed by atoms with van der Waals surface area (Å²) in [5.41, 5.74) is 2.47. The zero-order valence-corrected chi connectivity index (χ0v) is 10.4. The summed E-state index contributed by atoms with van der Waals surface area (Å²) in [5.74, 6) is 0. The third kappa shape index (κ3) is 1.90. The van der Waals surface area contributed by atoms with Gasteiger partial charge in [-0.25, -0.2) is 0 Å². The second-order valence-corrected chi connectivity index (χ2v) is 5.07. The van der Waals surface area contributed by atoms with Gasteiger partial charge in [0.1, 0.15) is 0 Å². The van der Waals surface area contributed by atoms with Crippen molar-refractivity contribution < 1.29 is 9.31 Å². The van der Waals surface area contributed by atoms with Crippen molar-refractivity contribution in [3.8, 4) is 0 Å². The molecule has 4 heteroatoms. The molecule has 92 valence electrons. The lowest BCUT2D eigenvalue weighted by atomic mass is 9.59. The highest BCUT2D eigenvalue weighted by Crippen LogP contribution is 2.23. The van der Waals surface area contributed by atoms with Gasteiger partial charge in [0, 0.05) is 13.2 Å². The molecule has 0 saturated carbocycles. The predicted octanol–water partition coefficient (Wildman–Crippen LogP) is 1.28. The molecule has 0 aromatic heterocycles. The van der Waals surface area contributed by atoms with Gasteiger partial charge >= 0.3 is 6.69 Å². The summed E-state index contributed by atoms with van der Waals surface area (Å²) in [7, 11) is 0. The molecule has 0 bridgehead atoms. The molecule has 2 fully saturated rings. The van der Waals surface area contributed by atoms with E-state index < -0.39 is 6.69 Å². The number of fused-ring (bicyclic) bond motifs is 1. The van der Waals surface area contributed by atoms with Gasteiger partial charge in [-0.2, -0.15) is 0 Å². The molecular formula is C13H19BNO2-. The molecule has 0 unspecified atom stereocenters. The Labute approximate surface area is 103 Å². The van der Waals surface area contributed by atoms with Crippen LogP contribution >= 0.6 is 0 Å². The van der Waals surface area contributed by atoms with Crippen LogP contribution in [0.2, 0.25) is 0 Å². The summed E-state index contributed by atoms with van der Waals surface area (Å²) in [6.45, 7) is 4.56. The van der Waals surface area contributed by atoms with Crippen LogP contribution in [0, 0.1) is 6.92 Å². The average molecular weight is 232 g/mol. The van der Waals surface area contributed by atoms with Crippen LogP contribution in [0.25, 0.3) is 0 Å². The largest absolute Gasteiger partial charge is 0.551 e. The maximum absolute atomic E-state index is 6.06. The van der Waals surface area contributed by atoms with Gasteiger partial charge in [-0.3, -0.25) is 0 Å². The fraction of sp³-hybridized carbons (Fsp3) is 0.538. The highest BCUT2D eigenvalue weighted by Gasteiger charge is 2.39. The smallest absolute Gasteiger partial charge is 0.347 e. The first kappa shape index (κ1) is 11.3. The van der Waals surface area contributed by atoms with E-state index >= 15 is 0 Å². The fourth-order valence-corrected chi connectivity index (χ4v) is 2.95. The van der Waals surface area contributed by atoms with Crippen molar-refractivity contribution in [2.45, 2.75) is 19.8 Å². The second kappa shape index (κ2) is 4.44. The Kier molecular flexibility index (Phi) is 2.95. The molecule has 0 N–H and O–H groups in total. The van der Waals surface area contributed by atoms with E-state index in [1.165, 1.54) is 11.0 Å². The van der Waals surface area contributed by atoms with Crippen LogP contribution in [0.5, 0.6) is 0 Å². The Morgan fingerprint density at radius 2 is 1.59 bits per heavy atom. The van der Waals surface area contributed by atoms with Crippen LogP contribution < -0.4 is 5.46 Å². The van der Waals surface area contributed by atoms with Crippen LogP contribution in [0.3, 0.4) is 0 Å². The van der Waals surface area contributed by atoms with Crippen molar-refractivity contribution >= 4 is 12.1 Å². The Hall–Kier alpha value is -0.835. The van der Waals surface area contributed by atoms with Crippen LogP contribution in [0.4, 0.5) is 0 Å². The van der Waals surface area contributed by atoms with Gasteiger partial charge in [0.15, 0.2) is 0 Å². The summed E-state index contributed by atoms with van der Waals surface area (Å²) >= 11 is 0. The van der Waals surface area contributed by atoms with Crippen molar-refractivity contribution in [3.05, 3.63) is 29.8 Å². The molecular weight excluding hydrogens is 213 g/mol. The maximum atomic E-state index is 6.06. The van der Waals surface area contributed by atoms with E-state index in [2.05, 4.69) is 36.0 Å². The summed E-state index contributed by atoms with van der Waals surface area (Å²) in [6, 6.07) is 8.58. The minimum Gasteiger partial charge on any atom is -0.551 e. The molecule has 0 amide bonds. The van der Waals surface area contributed by atoms with Crippen molar-refractivity contribution in [2.24, 2.45) is 0 Å². The molecule has 17 heavy (non-hydrogen) atoms. The molecule has 2 saturated heterocycles. The molecule has 3 nitrogen and oxygen atoms in total. The summed E-state index contributed by atoms with van der Waals surface area (Å²) in [6.07, 6.45) is 2.22. The van der Waals surface area contributed by atoms with Crippen LogP contribution in [0.15, 0.2) is 24.3 Å². The monoisotopic (exact) mass is 232 g/mol. The van der Waals surface area contributed by atoms with Gasteiger partial charge in [0.05, 0.1) is 0 Å². The highest BCUT2D eigenvalue weighted by atomic mass is 16.6. The SMILES string of the molecule is Cc1ccc([B-]23OCCCN2CCCO3)cc1. The Morgan fingerprint density at radius 3 is 2.18 bits per heavy atom. The van der Waals surface area contributed by atoms with E-state index in [4.69, 9.17) is 9.31 Å². The van der Waals surface area contributed by atoms with Crippen LogP contribution in [0.1, 0.15) is 18.4 Å². The van der Waals surface area contributed by atoms with Gasteiger partial charge in [-0.15, -0.1) is 5.46 Å². The standard InChI is InChI=1S/C13H19BNO2/c1-12-4-6-13(7-5-12)14-15(8-2-10-16-14)9-3-11-17-14/h4-7H,2-3,8-11H2,1H3/q-1. The van der Waals surface area contributed by atoms with Gasteiger partial charge < -0.3 is 14.1 Å². The number of benzene rings is 1. The van der Waals surface area contributed by atoms with Crippen molar-refractivity contribution in [2.75, 3.05) is 26.3 Å². The zero-order chi connectivity index (χ0) is 11.7. The lowest BCUT2D eigenvalue weighted by Crippen LogP contribution is -2.71. The number of aryl methyl sites for hydroxylation is 1. The van der Waals surface area contributed by atoms with E-state index in [1.807, 2.05) is 0 Å². The number of rotatable bonds is 1. The molecule has 2 heterocycles. The fourth-order valence-electron chi connectivity index (χ4n) is 2.95. The van der Waals surface area contributed by atoms with Gasteiger partial charge in [-0.05, 0) is 32.9 Å². The van der Waals surface area contributed by atoms with Gasteiger partial charge in [0.2, 0.25) is 0 Å². The highest BCUT2D eigenvalue weighted by molar-refractivity contribution is 6.78. The molecule has 0 radical (unpaired) electrons. The van der Waals surface area contributed by atoms with E-state index in [0.717, 1.165) is 39.1 Å². The molecule has 0 spiro atoms. The summed E-state index contributed by atoms with van der Waals surface area (Å²) in [5, 5.41) is 0. The van der Waals surface area contributed by atoms with Crippen molar-refractivity contribution in [1.82, 2.24) is 4.81 Å². The summed E-state index contributed by atoms with van der Waals surface area (Å²) in [4.78, 5) is 2.39. The summed E-state index contributed by atoms with van der Waals surface area (Å²) < 4.78 is 12.1. The molecule has 1 aromatic rings. The first-order valence-electron chi connectivity index (χ1n) is 6.55.